The van der Waals surface area contributed by atoms with E-state index >= 15 is 0 Å². The second-order valence-corrected chi connectivity index (χ2v) is 4.28. The van der Waals surface area contributed by atoms with Crippen molar-refractivity contribution < 1.29 is 14.7 Å². The van der Waals surface area contributed by atoms with Crippen LogP contribution in [0.1, 0.15) is 6.92 Å². The van der Waals surface area contributed by atoms with Gasteiger partial charge in [0.1, 0.15) is 0 Å². The average molecular weight is 172 g/mol. The predicted octanol–water partition coefficient (Wildman–Crippen LogP) is 1.06. The second kappa shape index (κ2) is 2.92. The minimum atomic E-state index is -1.16. The molecule has 1 aliphatic rings. The largest absolute Gasteiger partial charge is 0.477 e. The number of thiol groups is 1. The van der Waals surface area contributed by atoms with Gasteiger partial charge in [0.2, 0.25) is 0 Å². The van der Waals surface area contributed by atoms with Crippen molar-refractivity contribution in [3.63, 3.8) is 0 Å². The summed E-state index contributed by atoms with van der Waals surface area (Å²) in [6.07, 6.45) is 3.18. The number of carbonyl (C=O) groups is 2. The summed E-state index contributed by atoms with van der Waals surface area (Å²) in [5, 5.41) is 8.59. The topological polar surface area (TPSA) is 54.4 Å². The fourth-order valence-electron chi connectivity index (χ4n) is 0.864. The van der Waals surface area contributed by atoms with Crippen molar-refractivity contribution in [3.8, 4) is 0 Å². The van der Waals surface area contributed by atoms with Gasteiger partial charge in [-0.15, -0.1) is 10.9 Å². The Kier molecular flexibility index (Phi) is 2.14. The van der Waals surface area contributed by atoms with E-state index in [-0.39, 0.29) is 4.91 Å². The third-order valence-electron chi connectivity index (χ3n) is 1.45. The number of carbonyl (C=O) groups excluding carboxylic acids is 1. The number of hydrogen-bond donors (Lipinski definition) is 2. The van der Waals surface area contributed by atoms with Crippen LogP contribution in [0.4, 0.5) is 0 Å². The minimum Gasteiger partial charge on any atom is -0.477 e. The van der Waals surface area contributed by atoms with E-state index in [2.05, 4.69) is 0 Å². The van der Waals surface area contributed by atoms with Gasteiger partial charge >= 0.3 is 5.97 Å². The number of rotatable bonds is 2. The summed E-state index contributed by atoms with van der Waals surface area (Å²) in [5.74, 6) is -0.990. The molecule has 0 saturated carbocycles. The molecule has 0 aromatic heterocycles. The van der Waals surface area contributed by atoms with Crippen LogP contribution in [0.25, 0.3) is 0 Å². The van der Waals surface area contributed by atoms with E-state index in [0.29, 0.717) is 5.62 Å². The van der Waals surface area contributed by atoms with Gasteiger partial charge in [-0.25, -0.2) is 4.79 Å². The molecule has 1 heterocycles. The van der Waals surface area contributed by atoms with E-state index in [1.54, 1.807) is 13.0 Å². The van der Waals surface area contributed by atoms with E-state index in [4.69, 9.17) is 5.11 Å². The van der Waals surface area contributed by atoms with Gasteiger partial charge in [0, 0.05) is 0 Å². The van der Waals surface area contributed by atoms with Crippen LogP contribution in [0.2, 0.25) is 0 Å². The molecule has 3 nitrogen and oxygen atoms in total. The average Bonchev–Trinajstić information content (AvgIpc) is 2.30. The summed E-state index contributed by atoms with van der Waals surface area (Å²) in [5.41, 5.74) is 0.716. The third kappa shape index (κ3) is 1.35. The lowest BCUT2D eigenvalue weighted by Crippen LogP contribution is -1.99. The van der Waals surface area contributed by atoms with Gasteiger partial charge in [0.15, 0.2) is 5.62 Å². The van der Waals surface area contributed by atoms with Crippen LogP contribution in [0, 0.1) is 0 Å². The van der Waals surface area contributed by atoms with Crippen molar-refractivity contribution in [2.75, 3.05) is 0 Å². The van der Waals surface area contributed by atoms with Gasteiger partial charge in [0.05, 0.1) is 4.91 Å². The molecular formula is C7H8O3S. The van der Waals surface area contributed by atoms with Crippen molar-refractivity contribution in [1.82, 2.24) is 0 Å². The number of hydrogen-bond acceptors (Lipinski definition) is 2. The Morgan fingerprint density at radius 3 is 2.64 bits per heavy atom. The molecule has 1 rings (SSSR count). The van der Waals surface area contributed by atoms with Crippen molar-refractivity contribution in [2.24, 2.45) is 0 Å². The lowest BCUT2D eigenvalue weighted by atomic mass is 10.4. The number of allylic oxidation sites excluding steroid dienone is 3. The molecule has 0 aromatic carbocycles. The summed E-state index contributed by atoms with van der Waals surface area (Å²) < 4.78 is 0. The maximum atomic E-state index is 10.5. The Labute approximate surface area is 66.8 Å². The predicted molar refractivity (Wildman–Crippen MR) is 45.2 cm³/mol. The number of carboxylic acid groups (broad SMARTS) is 1. The molecule has 1 aliphatic heterocycles. The van der Waals surface area contributed by atoms with E-state index in [1.807, 2.05) is 0 Å². The molecule has 0 saturated heterocycles. The molecule has 0 amide bonds. The first-order chi connectivity index (χ1) is 5.16. The maximum Gasteiger partial charge on any atom is 0.341 e. The highest BCUT2D eigenvalue weighted by molar-refractivity contribution is 8.35. The Hall–Kier alpha value is -1.03. The van der Waals surface area contributed by atoms with Gasteiger partial charge < -0.3 is 5.11 Å². The molecular weight excluding hydrogens is 164 g/mol. The molecule has 0 bridgehead atoms. The van der Waals surface area contributed by atoms with Crippen molar-refractivity contribution in [1.29, 1.82) is 0 Å². The smallest absolute Gasteiger partial charge is 0.341 e. The molecule has 0 aliphatic carbocycles. The molecule has 1 unspecified atom stereocenters. The Bertz CT molecular complexity index is 265. The van der Waals surface area contributed by atoms with Crippen LogP contribution in [0.15, 0.2) is 22.0 Å². The van der Waals surface area contributed by atoms with E-state index in [1.165, 1.54) is 6.08 Å². The van der Waals surface area contributed by atoms with Crippen LogP contribution < -0.4 is 0 Å². The van der Waals surface area contributed by atoms with Gasteiger partial charge in [0.25, 0.3) is 0 Å². The zero-order valence-electron chi connectivity index (χ0n) is 5.94. The Morgan fingerprint density at radius 1 is 1.64 bits per heavy atom. The highest BCUT2D eigenvalue weighted by atomic mass is 32.2. The summed E-state index contributed by atoms with van der Waals surface area (Å²) in [6, 6.07) is 0. The first kappa shape index (κ1) is 8.07. The summed E-state index contributed by atoms with van der Waals surface area (Å²) >= 11 is 0. The monoisotopic (exact) mass is 172 g/mol. The van der Waals surface area contributed by atoms with Gasteiger partial charge in [-0.05, 0) is 17.9 Å². The van der Waals surface area contributed by atoms with Crippen LogP contribution >= 0.6 is 10.9 Å². The van der Waals surface area contributed by atoms with Crippen LogP contribution in [0.5, 0.6) is 0 Å². The molecule has 60 valence electrons. The highest BCUT2D eigenvalue weighted by Crippen LogP contribution is 2.44. The normalized spacial score (nSPS) is 25.7. The lowest BCUT2D eigenvalue weighted by Gasteiger charge is -2.09. The molecule has 0 aromatic rings. The molecule has 1 N–H and O–H groups in total. The van der Waals surface area contributed by atoms with Gasteiger partial charge in [-0.3, -0.25) is 4.79 Å². The van der Waals surface area contributed by atoms with Gasteiger partial charge in [-0.1, -0.05) is 6.08 Å². The Morgan fingerprint density at radius 2 is 2.27 bits per heavy atom. The number of carboxylic acids is 1. The Balaban J connectivity index is 2.90. The van der Waals surface area contributed by atoms with Crippen LogP contribution in [-0.4, -0.2) is 16.7 Å². The molecule has 0 fully saturated rings. The first-order valence-electron chi connectivity index (χ1n) is 3.03. The number of aliphatic carboxylic acids is 1. The van der Waals surface area contributed by atoms with Gasteiger partial charge in [-0.2, -0.15) is 0 Å². The lowest BCUT2D eigenvalue weighted by molar-refractivity contribution is -0.131. The zero-order chi connectivity index (χ0) is 8.43. The SMILES string of the molecule is CC1=CC=C(C(=O)O)[SH]1C=O. The summed E-state index contributed by atoms with van der Waals surface area (Å²) in [4.78, 5) is 22.0. The first-order valence-corrected chi connectivity index (χ1v) is 4.44. The van der Waals surface area contributed by atoms with Crippen molar-refractivity contribution in [2.45, 2.75) is 6.92 Å². The second-order valence-electron chi connectivity index (χ2n) is 2.14. The maximum absolute atomic E-state index is 10.5. The van der Waals surface area contributed by atoms with Crippen LogP contribution in [-0.2, 0) is 9.59 Å². The molecule has 1 atom stereocenters. The van der Waals surface area contributed by atoms with Crippen molar-refractivity contribution >= 4 is 22.5 Å². The quantitative estimate of drug-likeness (QED) is 0.483. The van der Waals surface area contributed by atoms with E-state index in [0.717, 1.165) is 4.91 Å². The molecule has 4 heteroatoms. The zero-order valence-corrected chi connectivity index (χ0v) is 6.84. The fourth-order valence-corrected chi connectivity index (χ4v) is 2.20. The molecule has 0 spiro atoms. The van der Waals surface area contributed by atoms with Crippen molar-refractivity contribution in [3.05, 3.63) is 22.0 Å². The standard InChI is InChI=1S/C7H8O3S/c1-5-2-3-6(7(9)10)11(5)4-8/h2-4,11H,1H3,(H,9,10). The molecule has 0 radical (unpaired) electrons. The summed E-state index contributed by atoms with van der Waals surface area (Å²) in [6.45, 7) is 1.77. The minimum absolute atomic E-state index is 0.229. The van der Waals surface area contributed by atoms with E-state index < -0.39 is 16.9 Å². The fraction of sp³-hybridized carbons (Fsp3) is 0.143. The van der Waals surface area contributed by atoms with Crippen LogP contribution in [0.3, 0.4) is 0 Å². The summed E-state index contributed by atoms with van der Waals surface area (Å²) in [7, 11) is -1.16. The van der Waals surface area contributed by atoms with E-state index in [9.17, 15) is 9.59 Å². The highest BCUT2D eigenvalue weighted by Gasteiger charge is 2.20. The molecule has 11 heavy (non-hydrogen) atoms. The third-order valence-corrected chi connectivity index (χ3v) is 3.43.